The molecule has 1 rings (SSSR count). The maximum absolute atomic E-state index is 12.9. The minimum Gasteiger partial charge on any atom is -0.491 e. The van der Waals surface area contributed by atoms with Gasteiger partial charge in [-0.25, -0.2) is 4.39 Å². The van der Waals surface area contributed by atoms with Crippen LogP contribution in [-0.4, -0.2) is 26.4 Å². The van der Waals surface area contributed by atoms with E-state index in [0.29, 0.717) is 19.2 Å². The second-order valence-electron chi connectivity index (χ2n) is 3.39. The number of alkyl halides is 3. The highest BCUT2D eigenvalue weighted by Crippen LogP contribution is 2.33. The Bertz CT molecular complexity index is 382. The van der Waals surface area contributed by atoms with E-state index in [2.05, 4.69) is 0 Å². The molecule has 1 aromatic rings. The van der Waals surface area contributed by atoms with Crippen LogP contribution in [0.3, 0.4) is 0 Å². The zero-order chi connectivity index (χ0) is 13.6. The fraction of sp³-hybridized carbons (Fsp3) is 0.455. The Hall–Kier alpha value is -1.34. The molecule has 0 unspecified atom stereocenters. The van der Waals surface area contributed by atoms with Gasteiger partial charge in [-0.3, -0.25) is 0 Å². The number of halogens is 4. The summed E-state index contributed by atoms with van der Waals surface area (Å²) in [5, 5.41) is 0. The van der Waals surface area contributed by atoms with Gasteiger partial charge in [0.05, 0.1) is 18.8 Å². The fourth-order valence-electron chi connectivity index (χ4n) is 1.22. The van der Waals surface area contributed by atoms with Gasteiger partial charge in [-0.2, -0.15) is 13.2 Å². The predicted octanol–water partition coefficient (Wildman–Crippen LogP) is 2.20. The maximum atomic E-state index is 12.9. The third kappa shape index (κ3) is 4.50. The van der Waals surface area contributed by atoms with Crippen molar-refractivity contribution in [2.24, 2.45) is 5.73 Å². The average Bonchev–Trinajstić information content (AvgIpc) is 2.29. The second kappa shape index (κ2) is 6.55. The molecular formula is C11H13F4NO2. The standard InChI is InChI=1S/C11H13F4NO2/c12-10-2-1-8(7-9(10)11(13,14)15)18-6-5-17-4-3-16/h1-2,7H,3-6,16H2. The highest BCUT2D eigenvalue weighted by Gasteiger charge is 2.34. The van der Waals surface area contributed by atoms with Gasteiger partial charge in [0.2, 0.25) is 0 Å². The topological polar surface area (TPSA) is 44.5 Å². The molecule has 102 valence electrons. The van der Waals surface area contributed by atoms with Crippen molar-refractivity contribution < 1.29 is 27.0 Å². The summed E-state index contributed by atoms with van der Waals surface area (Å²) < 4.78 is 60.1. The molecule has 0 aliphatic heterocycles. The molecule has 0 saturated carbocycles. The van der Waals surface area contributed by atoms with E-state index in [1.807, 2.05) is 0 Å². The summed E-state index contributed by atoms with van der Waals surface area (Å²) >= 11 is 0. The molecule has 2 N–H and O–H groups in total. The minimum atomic E-state index is -4.74. The highest BCUT2D eigenvalue weighted by molar-refractivity contribution is 5.31. The van der Waals surface area contributed by atoms with Crippen molar-refractivity contribution in [3.8, 4) is 5.75 Å². The molecular weight excluding hydrogens is 254 g/mol. The molecule has 0 heterocycles. The Morgan fingerprint density at radius 2 is 1.83 bits per heavy atom. The van der Waals surface area contributed by atoms with E-state index in [9.17, 15) is 17.6 Å². The van der Waals surface area contributed by atoms with Gasteiger partial charge in [0, 0.05) is 6.54 Å². The van der Waals surface area contributed by atoms with Crippen molar-refractivity contribution in [3.63, 3.8) is 0 Å². The van der Waals surface area contributed by atoms with Crippen LogP contribution >= 0.6 is 0 Å². The predicted molar refractivity (Wildman–Crippen MR) is 56.8 cm³/mol. The van der Waals surface area contributed by atoms with Gasteiger partial charge in [0.25, 0.3) is 0 Å². The molecule has 0 atom stereocenters. The molecule has 0 spiro atoms. The zero-order valence-corrected chi connectivity index (χ0v) is 9.47. The largest absolute Gasteiger partial charge is 0.491 e. The van der Waals surface area contributed by atoms with Gasteiger partial charge in [-0.15, -0.1) is 0 Å². The summed E-state index contributed by atoms with van der Waals surface area (Å²) in [6.45, 7) is 0.980. The molecule has 1 aromatic carbocycles. The Morgan fingerprint density at radius 1 is 1.11 bits per heavy atom. The lowest BCUT2D eigenvalue weighted by Gasteiger charge is -2.11. The van der Waals surface area contributed by atoms with E-state index < -0.39 is 17.6 Å². The summed E-state index contributed by atoms with van der Waals surface area (Å²) in [6, 6.07) is 2.48. The number of nitrogens with two attached hydrogens (primary N) is 1. The number of ether oxygens (including phenoxy) is 2. The molecule has 0 aliphatic carbocycles. The number of hydrogen-bond acceptors (Lipinski definition) is 3. The zero-order valence-electron chi connectivity index (χ0n) is 9.47. The monoisotopic (exact) mass is 267 g/mol. The van der Waals surface area contributed by atoms with Crippen LogP contribution in [0, 0.1) is 5.82 Å². The lowest BCUT2D eigenvalue weighted by Crippen LogP contribution is -2.13. The summed E-state index contributed by atoms with van der Waals surface area (Å²) in [7, 11) is 0. The molecule has 0 bridgehead atoms. The van der Waals surface area contributed by atoms with Crippen LogP contribution in [0.1, 0.15) is 5.56 Å². The summed E-state index contributed by atoms with van der Waals surface area (Å²) in [5.41, 5.74) is 3.83. The first kappa shape index (κ1) is 14.7. The van der Waals surface area contributed by atoms with Crippen LogP contribution in [0.25, 0.3) is 0 Å². The number of rotatable bonds is 6. The van der Waals surface area contributed by atoms with Crippen molar-refractivity contribution in [1.82, 2.24) is 0 Å². The number of benzene rings is 1. The third-order valence-electron chi connectivity index (χ3n) is 2.00. The summed E-state index contributed by atoms with van der Waals surface area (Å²) in [5.74, 6) is -1.38. The molecule has 0 aromatic heterocycles. The third-order valence-corrected chi connectivity index (χ3v) is 2.00. The Balaban J connectivity index is 2.57. The van der Waals surface area contributed by atoms with Gasteiger partial charge in [0.1, 0.15) is 18.2 Å². The lowest BCUT2D eigenvalue weighted by atomic mass is 10.2. The molecule has 0 saturated heterocycles. The van der Waals surface area contributed by atoms with E-state index in [4.69, 9.17) is 15.2 Å². The molecule has 3 nitrogen and oxygen atoms in total. The first-order valence-corrected chi connectivity index (χ1v) is 5.22. The van der Waals surface area contributed by atoms with Gasteiger partial charge in [0.15, 0.2) is 0 Å². The molecule has 0 aliphatic rings. The van der Waals surface area contributed by atoms with Gasteiger partial charge >= 0.3 is 6.18 Å². The van der Waals surface area contributed by atoms with Crippen LogP contribution in [-0.2, 0) is 10.9 Å². The van der Waals surface area contributed by atoms with Gasteiger partial charge < -0.3 is 15.2 Å². The van der Waals surface area contributed by atoms with E-state index >= 15 is 0 Å². The van der Waals surface area contributed by atoms with Crippen LogP contribution in [0.5, 0.6) is 5.75 Å². The smallest absolute Gasteiger partial charge is 0.419 e. The van der Waals surface area contributed by atoms with E-state index in [1.54, 1.807) is 0 Å². The van der Waals surface area contributed by atoms with Crippen molar-refractivity contribution in [1.29, 1.82) is 0 Å². The van der Waals surface area contributed by atoms with Crippen molar-refractivity contribution in [2.45, 2.75) is 6.18 Å². The highest BCUT2D eigenvalue weighted by atomic mass is 19.4. The van der Waals surface area contributed by atoms with E-state index in [1.165, 1.54) is 0 Å². The molecule has 18 heavy (non-hydrogen) atoms. The van der Waals surface area contributed by atoms with Gasteiger partial charge in [-0.1, -0.05) is 0 Å². The summed E-state index contributed by atoms with van der Waals surface area (Å²) in [4.78, 5) is 0. The first-order chi connectivity index (χ1) is 8.45. The van der Waals surface area contributed by atoms with Crippen molar-refractivity contribution in [2.75, 3.05) is 26.4 Å². The fourth-order valence-corrected chi connectivity index (χ4v) is 1.22. The Morgan fingerprint density at radius 3 is 2.44 bits per heavy atom. The normalized spacial score (nSPS) is 11.6. The van der Waals surface area contributed by atoms with Crippen LogP contribution in [0.2, 0.25) is 0 Å². The van der Waals surface area contributed by atoms with Gasteiger partial charge in [-0.05, 0) is 18.2 Å². The molecule has 0 fully saturated rings. The van der Waals surface area contributed by atoms with Crippen LogP contribution in [0.4, 0.5) is 17.6 Å². The van der Waals surface area contributed by atoms with Crippen molar-refractivity contribution >= 4 is 0 Å². The first-order valence-electron chi connectivity index (χ1n) is 5.22. The number of hydrogen-bond donors (Lipinski definition) is 1. The van der Waals surface area contributed by atoms with Crippen molar-refractivity contribution in [3.05, 3.63) is 29.6 Å². The lowest BCUT2D eigenvalue weighted by molar-refractivity contribution is -0.140. The molecule has 0 amide bonds. The maximum Gasteiger partial charge on any atom is 0.419 e. The Labute approximate surface area is 101 Å². The molecule has 7 heteroatoms. The average molecular weight is 267 g/mol. The van der Waals surface area contributed by atoms with E-state index in [-0.39, 0.29) is 19.0 Å². The molecule has 0 radical (unpaired) electrons. The van der Waals surface area contributed by atoms with Crippen LogP contribution < -0.4 is 10.5 Å². The van der Waals surface area contributed by atoms with Crippen LogP contribution in [0.15, 0.2) is 18.2 Å². The quantitative estimate of drug-likeness (QED) is 0.634. The van der Waals surface area contributed by atoms with E-state index in [0.717, 1.165) is 12.1 Å². The minimum absolute atomic E-state index is 0.0555. The summed E-state index contributed by atoms with van der Waals surface area (Å²) in [6.07, 6.45) is -4.74. The SMILES string of the molecule is NCCOCCOc1ccc(F)c(C(F)(F)F)c1. The Kier molecular flexibility index (Phi) is 5.36. The second-order valence-corrected chi connectivity index (χ2v) is 3.39.